The van der Waals surface area contributed by atoms with Gasteiger partial charge in [-0.05, 0) is 32.6 Å². The number of hydrogen-bond acceptors (Lipinski definition) is 4. The van der Waals surface area contributed by atoms with Crippen molar-refractivity contribution in [1.29, 1.82) is 0 Å². The molecule has 1 N–H and O–H groups in total. The van der Waals surface area contributed by atoms with Crippen molar-refractivity contribution in [3.8, 4) is 0 Å². The molecule has 0 radical (unpaired) electrons. The molecule has 0 saturated carbocycles. The van der Waals surface area contributed by atoms with Crippen molar-refractivity contribution < 1.29 is 9.15 Å². The largest absolute Gasteiger partial charge is 0.463 e. The maximum Gasteiger partial charge on any atom is 0.120 e. The molecule has 0 aliphatic rings. The van der Waals surface area contributed by atoms with Gasteiger partial charge in [0, 0.05) is 13.7 Å². The molecular weight excluding hydrogens is 204 g/mol. The minimum absolute atomic E-state index is 0.750. The second-order valence-corrected chi connectivity index (χ2v) is 4.08. The molecule has 1 heterocycles. The van der Waals surface area contributed by atoms with Crippen molar-refractivity contribution in [2.24, 2.45) is 0 Å². The molecule has 1 rings (SSSR count). The van der Waals surface area contributed by atoms with E-state index in [1.807, 2.05) is 7.05 Å². The Kier molecular flexibility index (Phi) is 5.52. The van der Waals surface area contributed by atoms with E-state index in [1.165, 1.54) is 5.56 Å². The van der Waals surface area contributed by atoms with E-state index in [4.69, 9.17) is 9.15 Å². The van der Waals surface area contributed by atoms with Gasteiger partial charge in [-0.1, -0.05) is 0 Å². The standard InChI is InChI=1S/C12H22N2O2/c1-10-7-11(16-12(10)8-13-2)9-14(3)5-6-15-4/h7,13H,5-6,8-9H2,1-4H3. The molecule has 4 heteroatoms. The molecule has 0 aromatic carbocycles. The molecule has 0 fully saturated rings. The predicted molar refractivity (Wildman–Crippen MR) is 64.4 cm³/mol. The van der Waals surface area contributed by atoms with Crippen LogP contribution in [0.25, 0.3) is 0 Å². The van der Waals surface area contributed by atoms with E-state index < -0.39 is 0 Å². The topological polar surface area (TPSA) is 37.6 Å². The van der Waals surface area contributed by atoms with Crippen LogP contribution in [0.2, 0.25) is 0 Å². The minimum Gasteiger partial charge on any atom is -0.463 e. The Balaban J connectivity index is 2.50. The molecule has 0 atom stereocenters. The van der Waals surface area contributed by atoms with Crippen molar-refractivity contribution in [2.45, 2.75) is 20.0 Å². The fourth-order valence-electron chi connectivity index (χ4n) is 1.60. The van der Waals surface area contributed by atoms with E-state index in [1.54, 1.807) is 7.11 Å². The highest BCUT2D eigenvalue weighted by atomic mass is 16.5. The van der Waals surface area contributed by atoms with Crippen LogP contribution >= 0.6 is 0 Å². The van der Waals surface area contributed by atoms with Crippen LogP contribution in [0.3, 0.4) is 0 Å². The number of likely N-dealkylation sites (N-methyl/N-ethyl adjacent to an activating group) is 1. The fourth-order valence-corrected chi connectivity index (χ4v) is 1.60. The molecule has 0 aliphatic heterocycles. The highest BCUT2D eigenvalue weighted by molar-refractivity contribution is 5.19. The van der Waals surface area contributed by atoms with Gasteiger partial charge < -0.3 is 14.5 Å². The molecule has 0 bridgehead atoms. The Morgan fingerprint density at radius 3 is 2.88 bits per heavy atom. The molecule has 0 aliphatic carbocycles. The lowest BCUT2D eigenvalue weighted by molar-refractivity contribution is 0.154. The van der Waals surface area contributed by atoms with E-state index in [-0.39, 0.29) is 0 Å². The number of aryl methyl sites for hydroxylation is 1. The van der Waals surface area contributed by atoms with E-state index in [0.717, 1.165) is 37.8 Å². The molecule has 0 spiro atoms. The van der Waals surface area contributed by atoms with Crippen LogP contribution in [0.15, 0.2) is 10.5 Å². The maximum atomic E-state index is 5.76. The number of nitrogens with one attached hydrogen (secondary N) is 1. The Morgan fingerprint density at radius 2 is 2.25 bits per heavy atom. The highest BCUT2D eigenvalue weighted by Gasteiger charge is 2.08. The molecule has 92 valence electrons. The second-order valence-electron chi connectivity index (χ2n) is 4.08. The summed E-state index contributed by atoms with van der Waals surface area (Å²) in [4.78, 5) is 2.19. The SMILES string of the molecule is CNCc1oc(CN(C)CCOC)cc1C. The molecule has 0 saturated heterocycles. The molecule has 0 unspecified atom stereocenters. The van der Waals surface area contributed by atoms with Gasteiger partial charge >= 0.3 is 0 Å². The van der Waals surface area contributed by atoms with Gasteiger partial charge in [-0.15, -0.1) is 0 Å². The summed E-state index contributed by atoms with van der Waals surface area (Å²) < 4.78 is 10.8. The van der Waals surface area contributed by atoms with Crippen LogP contribution in [-0.4, -0.2) is 39.3 Å². The average Bonchev–Trinajstić information content (AvgIpc) is 2.57. The smallest absolute Gasteiger partial charge is 0.120 e. The van der Waals surface area contributed by atoms with E-state index in [2.05, 4.69) is 30.3 Å². The number of nitrogens with zero attached hydrogens (tertiary/aromatic N) is 1. The molecule has 0 amide bonds. The third-order valence-electron chi connectivity index (χ3n) is 2.51. The summed E-state index contributed by atoms with van der Waals surface area (Å²) in [6, 6.07) is 2.11. The lowest BCUT2D eigenvalue weighted by Gasteiger charge is -2.13. The van der Waals surface area contributed by atoms with Gasteiger partial charge in [0.1, 0.15) is 11.5 Å². The first-order valence-corrected chi connectivity index (χ1v) is 5.57. The Bertz CT molecular complexity index is 310. The van der Waals surface area contributed by atoms with E-state index >= 15 is 0 Å². The van der Waals surface area contributed by atoms with E-state index in [0.29, 0.717) is 0 Å². The number of ether oxygens (including phenoxy) is 1. The highest BCUT2D eigenvalue weighted by Crippen LogP contribution is 2.15. The summed E-state index contributed by atoms with van der Waals surface area (Å²) in [6.07, 6.45) is 0. The summed E-state index contributed by atoms with van der Waals surface area (Å²) in [5.41, 5.74) is 1.21. The summed E-state index contributed by atoms with van der Waals surface area (Å²) in [6.45, 7) is 5.35. The lowest BCUT2D eigenvalue weighted by atomic mass is 10.2. The normalized spacial score (nSPS) is 11.3. The average molecular weight is 226 g/mol. The van der Waals surface area contributed by atoms with Gasteiger partial charge in [-0.25, -0.2) is 0 Å². The number of furan rings is 1. The third kappa shape index (κ3) is 3.96. The Labute approximate surface area is 97.6 Å². The van der Waals surface area contributed by atoms with Crippen LogP contribution in [0, 0.1) is 6.92 Å². The second kappa shape index (κ2) is 6.68. The summed E-state index contributed by atoms with van der Waals surface area (Å²) in [5, 5.41) is 3.10. The van der Waals surface area contributed by atoms with Crippen molar-refractivity contribution in [3.05, 3.63) is 23.2 Å². The Morgan fingerprint density at radius 1 is 1.50 bits per heavy atom. The quantitative estimate of drug-likeness (QED) is 0.762. The van der Waals surface area contributed by atoms with Gasteiger partial charge in [-0.2, -0.15) is 0 Å². The Hall–Kier alpha value is -0.840. The summed E-state index contributed by atoms with van der Waals surface area (Å²) >= 11 is 0. The zero-order valence-electron chi connectivity index (χ0n) is 10.7. The monoisotopic (exact) mass is 226 g/mol. The first kappa shape index (κ1) is 13.2. The predicted octanol–water partition coefficient (Wildman–Crippen LogP) is 1.39. The van der Waals surface area contributed by atoms with Crippen LogP contribution in [-0.2, 0) is 17.8 Å². The van der Waals surface area contributed by atoms with E-state index in [9.17, 15) is 0 Å². The number of hydrogen-bond donors (Lipinski definition) is 1. The number of methoxy groups -OCH3 is 1. The molecule has 4 nitrogen and oxygen atoms in total. The van der Waals surface area contributed by atoms with Crippen molar-refractivity contribution in [1.82, 2.24) is 10.2 Å². The summed E-state index contributed by atoms with van der Waals surface area (Å²) in [5.74, 6) is 2.04. The third-order valence-corrected chi connectivity index (χ3v) is 2.51. The molecular formula is C12H22N2O2. The van der Waals surface area contributed by atoms with Gasteiger partial charge in [-0.3, -0.25) is 4.90 Å². The lowest BCUT2D eigenvalue weighted by Crippen LogP contribution is -2.21. The first-order valence-electron chi connectivity index (χ1n) is 5.57. The van der Waals surface area contributed by atoms with Gasteiger partial charge in [0.25, 0.3) is 0 Å². The maximum absolute atomic E-state index is 5.76. The van der Waals surface area contributed by atoms with Crippen LogP contribution in [0.4, 0.5) is 0 Å². The van der Waals surface area contributed by atoms with Crippen molar-refractivity contribution in [2.75, 3.05) is 34.4 Å². The zero-order chi connectivity index (χ0) is 12.0. The minimum atomic E-state index is 0.750. The molecule has 1 aromatic rings. The number of rotatable bonds is 7. The molecule has 16 heavy (non-hydrogen) atoms. The van der Waals surface area contributed by atoms with Crippen LogP contribution < -0.4 is 5.32 Å². The van der Waals surface area contributed by atoms with Crippen LogP contribution in [0.5, 0.6) is 0 Å². The van der Waals surface area contributed by atoms with Gasteiger partial charge in [0.05, 0.1) is 19.7 Å². The van der Waals surface area contributed by atoms with Gasteiger partial charge in [0.2, 0.25) is 0 Å². The van der Waals surface area contributed by atoms with Crippen LogP contribution in [0.1, 0.15) is 17.1 Å². The summed E-state index contributed by atoms with van der Waals surface area (Å²) in [7, 11) is 5.71. The zero-order valence-corrected chi connectivity index (χ0v) is 10.7. The van der Waals surface area contributed by atoms with Crippen molar-refractivity contribution in [3.63, 3.8) is 0 Å². The first-order chi connectivity index (χ1) is 7.67. The fraction of sp³-hybridized carbons (Fsp3) is 0.667. The van der Waals surface area contributed by atoms with Crippen molar-refractivity contribution >= 4 is 0 Å². The van der Waals surface area contributed by atoms with Gasteiger partial charge in [0.15, 0.2) is 0 Å². The molecule has 1 aromatic heterocycles.